The lowest BCUT2D eigenvalue weighted by Crippen LogP contribution is -2.18. The molecule has 16 heavy (non-hydrogen) atoms. The summed E-state index contributed by atoms with van der Waals surface area (Å²) in [4.78, 5) is 21.4. The smallest absolute Gasteiger partial charge is 0.298 e. The van der Waals surface area contributed by atoms with Crippen LogP contribution >= 0.6 is 0 Å². The van der Waals surface area contributed by atoms with Crippen LogP contribution in [0, 0.1) is 5.92 Å². The van der Waals surface area contributed by atoms with Crippen LogP contribution in [0.2, 0.25) is 0 Å². The third-order valence-corrected chi connectivity index (χ3v) is 2.60. The molecule has 0 aliphatic heterocycles. The quantitative estimate of drug-likeness (QED) is 0.325. The Hall–Kier alpha value is -0.570. The molecule has 0 saturated carbocycles. The van der Waals surface area contributed by atoms with Crippen LogP contribution in [0.3, 0.4) is 0 Å². The standard InChI is InChI=1S/C13H26O3/c1-4-7-10-12(9-6-3)13(14)16-15-11-8-5-2/h12H,4-11H2,1-3H3. The van der Waals surface area contributed by atoms with E-state index < -0.39 is 0 Å². The summed E-state index contributed by atoms with van der Waals surface area (Å²) in [6.07, 6.45) is 7.00. The lowest BCUT2D eigenvalue weighted by Gasteiger charge is -2.13. The third-order valence-electron chi connectivity index (χ3n) is 2.60. The van der Waals surface area contributed by atoms with Gasteiger partial charge in [0.25, 0.3) is 0 Å². The van der Waals surface area contributed by atoms with Gasteiger partial charge in [0.2, 0.25) is 0 Å². The molecule has 0 aliphatic rings. The van der Waals surface area contributed by atoms with Crippen LogP contribution < -0.4 is 0 Å². The fraction of sp³-hybridized carbons (Fsp3) is 0.923. The van der Waals surface area contributed by atoms with Crippen molar-refractivity contribution in [2.24, 2.45) is 5.92 Å². The van der Waals surface area contributed by atoms with Gasteiger partial charge in [0.15, 0.2) is 0 Å². The molecule has 0 amide bonds. The minimum Gasteiger partial charge on any atom is -0.298 e. The van der Waals surface area contributed by atoms with Crippen LogP contribution in [0.4, 0.5) is 0 Å². The molecule has 0 aromatic heterocycles. The molecule has 1 unspecified atom stereocenters. The average molecular weight is 230 g/mol. The average Bonchev–Trinajstić information content (AvgIpc) is 2.29. The van der Waals surface area contributed by atoms with Crippen molar-refractivity contribution < 1.29 is 14.6 Å². The lowest BCUT2D eigenvalue weighted by atomic mass is 9.97. The summed E-state index contributed by atoms with van der Waals surface area (Å²) in [6.45, 7) is 6.80. The van der Waals surface area contributed by atoms with Crippen molar-refractivity contribution in [3.63, 3.8) is 0 Å². The van der Waals surface area contributed by atoms with Gasteiger partial charge in [-0.05, 0) is 19.3 Å². The second kappa shape index (κ2) is 10.9. The molecular weight excluding hydrogens is 204 g/mol. The molecule has 3 nitrogen and oxygen atoms in total. The highest BCUT2D eigenvalue weighted by Crippen LogP contribution is 2.16. The minimum atomic E-state index is -0.189. The zero-order valence-electron chi connectivity index (χ0n) is 11.0. The molecule has 0 spiro atoms. The minimum absolute atomic E-state index is 0.0200. The van der Waals surface area contributed by atoms with Gasteiger partial charge in [0.05, 0.1) is 12.5 Å². The van der Waals surface area contributed by atoms with Crippen LogP contribution in [-0.2, 0) is 14.6 Å². The Labute approximate surface area is 99.4 Å². The summed E-state index contributed by atoms with van der Waals surface area (Å²) in [5, 5.41) is 0. The van der Waals surface area contributed by atoms with Gasteiger partial charge in [-0.2, -0.15) is 4.89 Å². The van der Waals surface area contributed by atoms with Crippen LogP contribution in [0.25, 0.3) is 0 Å². The monoisotopic (exact) mass is 230 g/mol. The van der Waals surface area contributed by atoms with Crippen molar-refractivity contribution in [2.45, 2.75) is 65.7 Å². The molecule has 0 aromatic carbocycles. The Balaban J connectivity index is 3.77. The van der Waals surface area contributed by atoms with Crippen LogP contribution in [0.15, 0.2) is 0 Å². The Bertz CT molecular complexity index is 169. The first-order valence-corrected chi connectivity index (χ1v) is 6.59. The van der Waals surface area contributed by atoms with Crippen molar-refractivity contribution >= 4 is 5.97 Å². The van der Waals surface area contributed by atoms with Crippen molar-refractivity contribution in [2.75, 3.05) is 6.61 Å². The highest BCUT2D eigenvalue weighted by molar-refractivity contribution is 5.71. The molecule has 0 aliphatic carbocycles. The first kappa shape index (κ1) is 15.4. The van der Waals surface area contributed by atoms with E-state index in [1.807, 2.05) is 0 Å². The molecule has 0 saturated heterocycles. The molecule has 96 valence electrons. The first-order valence-electron chi connectivity index (χ1n) is 6.59. The lowest BCUT2D eigenvalue weighted by molar-refractivity contribution is -0.276. The number of hydrogen-bond donors (Lipinski definition) is 0. The van der Waals surface area contributed by atoms with E-state index >= 15 is 0 Å². The van der Waals surface area contributed by atoms with E-state index in [0.717, 1.165) is 44.9 Å². The maximum atomic E-state index is 11.7. The molecule has 0 radical (unpaired) electrons. The van der Waals surface area contributed by atoms with E-state index in [1.165, 1.54) is 0 Å². The van der Waals surface area contributed by atoms with E-state index in [0.29, 0.717) is 6.61 Å². The van der Waals surface area contributed by atoms with Crippen LogP contribution in [0.5, 0.6) is 0 Å². The van der Waals surface area contributed by atoms with E-state index in [1.54, 1.807) is 0 Å². The SMILES string of the molecule is CCCCOOC(=O)C(CCC)CCCC. The van der Waals surface area contributed by atoms with Gasteiger partial charge in [0.1, 0.15) is 0 Å². The van der Waals surface area contributed by atoms with Crippen molar-refractivity contribution in [3.8, 4) is 0 Å². The molecule has 0 N–H and O–H groups in total. The third kappa shape index (κ3) is 7.69. The second-order valence-corrected chi connectivity index (χ2v) is 4.21. The molecular formula is C13H26O3. The van der Waals surface area contributed by atoms with Gasteiger partial charge < -0.3 is 0 Å². The van der Waals surface area contributed by atoms with Gasteiger partial charge in [0, 0.05) is 0 Å². The summed E-state index contributed by atoms with van der Waals surface area (Å²) in [5.74, 6) is -0.169. The number of rotatable bonds is 10. The molecule has 0 aromatic rings. The highest BCUT2D eigenvalue weighted by Gasteiger charge is 2.19. The van der Waals surface area contributed by atoms with E-state index in [4.69, 9.17) is 9.78 Å². The highest BCUT2D eigenvalue weighted by atomic mass is 17.2. The summed E-state index contributed by atoms with van der Waals surface area (Å²) in [6, 6.07) is 0. The topological polar surface area (TPSA) is 35.5 Å². The van der Waals surface area contributed by atoms with Gasteiger partial charge in [-0.25, -0.2) is 4.79 Å². The fourth-order valence-electron chi connectivity index (χ4n) is 1.55. The zero-order chi connectivity index (χ0) is 12.2. The van der Waals surface area contributed by atoms with Gasteiger partial charge in [-0.3, -0.25) is 4.89 Å². The fourth-order valence-corrected chi connectivity index (χ4v) is 1.55. The maximum Gasteiger partial charge on any atom is 0.345 e. The van der Waals surface area contributed by atoms with E-state index in [2.05, 4.69) is 20.8 Å². The predicted octanol–water partition coefficient (Wildman–Crippen LogP) is 3.87. The zero-order valence-corrected chi connectivity index (χ0v) is 11.0. The van der Waals surface area contributed by atoms with Crippen molar-refractivity contribution in [3.05, 3.63) is 0 Å². The molecule has 0 bridgehead atoms. The Morgan fingerprint density at radius 2 is 1.69 bits per heavy atom. The number of unbranched alkanes of at least 4 members (excludes halogenated alkanes) is 2. The van der Waals surface area contributed by atoms with Crippen molar-refractivity contribution in [1.82, 2.24) is 0 Å². The Morgan fingerprint density at radius 1 is 1.00 bits per heavy atom. The summed E-state index contributed by atoms with van der Waals surface area (Å²) in [7, 11) is 0. The van der Waals surface area contributed by atoms with Crippen LogP contribution in [0.1, 0.15) is 65.7 Å². The molecule has 3 heteroatoms. The largest absolute Gasteiger partial charge is 0.345 e. The number of hydrogen-bond acceptors (Lipinski definition) is 3. The van der Waals surface area contributed by atoms with Gasteiger partial charge in [-0.1, -0.05) is 46.5 Å². The predicted molar refractivity (Wildman–Crippen MR) is 64.9 cm³/mol. The molecule has 0 heterocycles. The number of carbonyl (C=O) groups excluding carboxylic acids is 1. The normalized spacial score (nSPS) is 12.4. The molecule has 0 rings (SSSR count). The van der Waals surface area contributed by atoms with E-state index in [9.17, 15) is 4.79 Å². The molecule has 1 atom stereocenters. The summed E-state index contributed by atoms with van der Waals surface area (Å²) < 4.78 is 0. The molecule has 0 fully saturated rings. The van der Waals surface area contributed by atoms with Gasteiger partial charge >= 0.3 is 5.97 Å². The van der Waals surface area contributed by atoms with Gasteiger partial charge in [-0.15, -0.1) is 0 Å². The number of carbonyl (C=O) groups is 1. The maximum absolute atomic E-state index is 11.7. The summed E-state index contributed by atoms with van der Waals surface area (Å²) in [5.41, 5.74) is 0. The second-order valence-electron chi connectivity index (χ2n) is 4.21. The van der Waals surface area contributed by atoms with E-state index in [-0.39, 0.29) is 11.9 Å². The summed E-state index contributed by atoms with van der Waals surface area (Å²) >= 11 is 0. The Kier molecular flexibility index (Phi) is 10.5. The van der Waals surface area contributed by atoms with Crippen molar-refractivity contribution in [1.29, 1.82) is 0 Å². The first-order chi connectivity index (χ1) is 7.76. The van der Waals surface area contributed by atoms with Crippen LogP contribution in [-0.4, -0.2) is 12.6 Å². The Morgan fingerprint density at radius 3 is 2.25 bits per heavy atom.